The van der Waals surface area contributed by atoms with E-state index in [1.54, 1.807) is 12.1 Å². The zero-order valence-electron chi connectivity index (χ0n) is 13.1. The number of nitrogens with two attached hydrogens (primary N) is 1. The van der Waals surface area contributed by atoms with E-state index >= 15 is 0 Å². The van der Waals surface area contributed by atoms with Crippen LogP contribution in [0.25, 0.3) is 0 Å². The van der Waals surface area contributed by atoms with Gasteiger partial charge in [-0.1, -0.05) is 12.1 Å². The summed E-state index contributed by atoms with van der Waals surface area (Å²) in [6.07, 6.45) is 5.12. The molecule has 4 heteroatoms. The van der Waals surface area contributed by atoms with Gasteiger partial charge in [0.25, 0.3) is 5.91 Å². The number of carbonyl (C=O) groups excluding carboxylic acids is 1. The van der Waals surface area contributed by atoms with E-state index in [-0.39, 0.29) is 5.91 Å². The van der Waals surface area contributed by atoms with Crippen LogP contribution in [0.1, 0.15) is 41.6 Å². The summed E-state index contributed by atoms with van der Waals surface area (Å²) < 4.78 is 5.92. The van der Waals surface area contributed by atoms with E-state index in [0.29, 0.717) is 18.2 Å². The van der Waals surface area contributed by atoms with Crippen molar-refractivity contribution in [3.8, 4) is 5.75 Å². The maximum absolute atomic E-state index is 12.2. The molecule has 1 aliphatic carbocycles. The standard InChI is InChI=1S/C19H22N2O2/c20-13-14-5-7-15(8-6-14)19(22)21-16-9-11-18(12-10-16)23-17-3-1-2-4-17/h5-12,17H,1-4,13,20H2,(H,21,22). The van der Waals surface area contributed by atoms with Crippen molar-refractivity contribution in [2.24, 2.45) is 5.73 Å². The Morgan fingerprint density at radius 1 is 1.04 bits per heavy atom. The largest absolute Gasteiger partial charge is 0.490 e. The van der Waals surface area contributed by atoms with E-state index in [4.69, 9.17) is 10.5 Å². The lowest BCUT2D eigenvalue weighted by molar-refractivity contribution is 0.102. The lowest BCUT2D eigenvalue weighted by atomic mass is 10.1. The molecule has 0 unspecified atom stereocenters. The zero-order chi connectivity index (χ0) is 16.1. The number of rotatable bonds is 5. The first-order valence-electron chi connectivity index (χ1n) is 8.11. The highest BCUT2D eigenvalue weighted by Gasteiger charge is 2.16. The fourth-order valence-electron chi connectivity index (χ4n) is 2.81. The number of carbonyl (C=O) groups is 1. The van der Waals surface area contributed by atoms with Gasteiger partial charge >= 0.3 is 0 Å². The number of anilines is 1. The molecule has 1 aliphatic rings. The van der Waals surface area contributed by atoms with Gasteiger partial charge in [-0.15, -0.1) is 0 Å². The molecule has 3 N–H and O–H groups in total. The SMILES string of the molecule is NCc1ccc(C(=O)Nc2ccc(OC3CCCC3)cc2)cc1. The number of hydrogen-bond donors (Lipinski definition) is 2. The Kier molecular flexibility index (Phi) is 4.93. The van der Waals surface area contributed by atoms with Crippen molar-refractivity contribution in [1.82, 2.24) is 0 Å². The molecule has 0 aliphatic heterocycles. The van der Waals surface area contributed by atoms with Crippen molar-refractivity contribution < 1.29 is 9.53 Å². The highest BCUT2D eigenvalue weighted by atomic mass is 16.5. The molecule has 2 aromatic rings. The summed E-state index contributed by atoms with van der Waals surface area (Å²) in [5, 5.41) is 2.89. The van der Waals surface area contributed by atoms with E-state index in [9.17, 15) is 4.79 Å². The average molecular weight is 310 g/mol. The van der Waals surface area contributed by atoms with Crippen molar-refractivity contribution in [3.63, 3.8) is 0 Å². The van der Waals surface area contributed by atoms with Gasteiger partial charge < -0.3 is 15.8 Å². The van der Waals surface area contributed by atoms with Crippen LogP contribution < -0.4 is 15.8 Å². The Labute approximate surface area is 136 Å². The Hall–Kier alpha value is -2.33. The first-order chi connectivity index (χ1) is 11.2. The molecule has 23 heavy (non-hydrogen) atoms. The van der Waals surface area contributed by atoms with Crippen molar-refractivity contribution in [3.05, 3.63) is 59.7 Å². The number of nitrogens with one attached hydrogen (secondary N) is 1. The van der Waals surface area contributed by atoms with Gasteiger partial charge in [-0.3, -0.25) is 4.79 Å². The third-order valence-electron chi connectivity index (χ3n) is 4.17. The van der Waals surface area contributed by atoms with Crippen LogP contribution in [0.5, 0.6) is 5.75 Å². The molecule has 2 aromatic carbocycles. The predicted octanol–water partition coefficient (Wildman–Crippen LogP) is 3.72. The Morgan fingerprint density at radius 3 is 2.30 bits per heavy atom. The molecule has 0 heterocycles. The molecular weight excluding hydrogens is 288 g/mol. The molecule has 120 valence electrons. The summed E-state index contributed by atoms with van der Waals surface area (Å²) in [4.78, 5) is 12.2. The number of hydrogen-bond acceptors (Lipinski definition) is 3. The average Bonchev–Trinajstić information content (AvgIpc) is 3.10. The first-order valence-corrected chi connectivity index (χ1v) is 8.11. The Morgan fingerprint density at radius 2 is 1.70 bits per heavy atom. The van der Waals surface area contributed by atoms with Crippen molar-refractivity contribution >= 4 is 11.6 Å². The molecule has 0 atom stereocenters. The van der Waals surface area contributed by atoms with Gasteiger partial charge in [0, 0.05) is 17.8 Å². The Balaban J connectivity index is 1.59. The van der Waals surface area contributed by atoms with Crippen LogP contribution >= 0.6 is 0 Å². The molecule has 0 aromatic heterocycles. The van der Waals surface area contributed by atoms with Crippen LogP contribution in [-0.4, -0.2) is 12.0 Å². The second-order valence-corrected chi connectivity index (χ2v) is 5.90. The number of amides is 1. The predicted molar refractivity (Wildman–Crippen MR) is 91.6 cm³/mol. The van der Waals surface area contributed by atoms with E-state index in [0.717, 1.165) is 29.8 Å². The highest BCUT2D eigenvalue weighted by molar-refractivity contribution is 6.04. The minimum absolute atomic E-state index is 0.127. The third-order valence-corrected chi connectivity index (χ3v) is 4.17. The molecule has 0 spiro atoms. The molecule has 1 amide bonds. The molecule has 1 fully saturated rings. The quantitative estimate of drug-likeness (QED) is 0.884. The summed E-state index contributed by atoms with van der Waals surface area (Å²) in [6, 6.07) is 14.9. The van der Waals surface area contributed by atoms with Crippen LogP contribution in [0.3, 0.4) is 0 Å². The van der Waals surface area contributed by atoms with Gasteiger partial charge in [-0.25, -0.2) is 0 Å². The molecule has 0 radical (unpaired) electrons. The Bertz CT molecular complexity index is 644. The number of benzene rings is 2. The van der Waals surface area contributed by atoms with Crippen LogP contribution in [0.2, 0.25) is 0 Å². The van der Waals surface area contributed by atoms with Crippen molar-refractivity contribution in [2.75, 3.05) is 5.32 Å². The van der Waals surface area contributed by atoms with Crippen LogP contribution in [0, 0.1) is 0 Å². The van der Waals surface area contributed by atoms with E-state index in [1.807, 2.05) is 36.4 Å². The summed E-state index contributed by atoms with van der Waals surface area (Å²) in [5.41, 5.74) is 7.95. The molecule has 0 bridgehead atoms. The molecule has 4 nitrogen and oxygen atoms in total. The molecular formula is C19H22N2O2. The summed E-state index contributed by atoms with van der Waals surface area (Å²) in [7, 11) is 0. The topological polar surface area (TPSA) is 64.4 Å². The van der Waals surface area contributed by atoms with Gasteiger partial charge in [-0.05, 0) is 67.6 Å². The fraction of sp³-hybridized carbons (Fsp3) is 0.316. The lowest BCUT2D eigenvalue weighted by Crippen LogP contribution is -2.13. The van der Waals surface area contributed by atoms with Crippen LogP contribution in [-0.2, 0) is 6.54 Å². The van der Waals surface area contributed by atoms with E-state index < -0.39 is 0 Å². The van der Waals surface area contributed by atoms with Crippen molar-refractivity contribution in [1.29, 1.82) is 0 Å². The minimum Gasteiger partial charge on any atom is -0.490 e. The van der Waals surface area contributed by atoms with Crippen molar-refractivity contribution in [2.45, 2.75) is 38.3 Å². The smallest absolute Gasteiger partial charge is 0.255 e. The van der Waals surface area contributed by atoms with Gasteiger partial charge in [0.05, 0.1) is 6.10 Å². The van der Waals surface area contributed by atoms with Gasteiger partial charge in [0.15, 0.2) is 0 Å². The molecule has 0 saturated heterocycles. The first kappa shape index (κ1) is 15.6. The summed E-state index contributed by atoms with van der Waals surface area (Å²) in [6.45, 7) is 0.477. The van der Waals surface area contributed by atoms with E-state index in [1.165, 1.54) is 12.8 Å². The second kappa shape index (κ2) is 7.29. The maximum atomic E-state index is 12.2. The molecule has 1 saturated carbocycles. The van der Waals surface area contributed by atoms with Gasteiger partial charge in [-0.2, -0.15) is 0 Å². The second-order valence-electron chi connectivity index (χ2n) is 5.90. The van der Waals surface area contributed by atoms with Gasteiger partial charge in [0.1, 0.15) is 5.75 Å². The normalized spacial score (nSPS) is 14.7. The third kappa shape index (κ3) is 4.11. The number of ether oxygens (including phenoxy) is 1. The summed E-state index contributed by atoms with van der Waals surface area (Å²) >= 11 is 0. The molecule has 3 rings (SSSR count). The van der Waals surface area contributed by atoms with E-state index in [2.05, 4.69) is 5.32 Å². The monoisotopic (exact) mass is 310 g/mol. The zero-order valence-corrected chi connectivity index (χ0v) is 13.1. The minimum atomic E-state index is -0.127. The maximum Gasteiger partial charge on any atom is 0.255 e. The summed E-state index contributed by atoms with van der Waals surface area (Å²) in [5.74, 6) is 0.736. The lowest BCUT2D eigenvalue weighted by Gasteiger charge is -2.13. The highest BCUT2D eigenvalue weighted by Crippen LogP contribution is 2.25. The van der Waals surface area contributed by atoms with Gasteiger partial charge in [0.2, 0.25) is 0 Å². The van der Waals surface area contributed by atoms with Crippen LogP contribution in [0.15, 0.2) is 48.5 Å². The fourth-order valence-corrected chi connectivity index (χ4v) is 2.81. The van der Waals surface area contributed by atoms with Crippen LogP contribution in [0.4, 0.5) is 5.69 Å².